The Bertz CT molecular complexity index is 502. The molecule has 0 aliphatic carbocycles. The van der Waals surface area contributed by atoms with Gasteiger partial charge in [0, 0.05) is 0 Å². The molecule has 1 aromatic rings. The molecule has 92 valence electrons. The molecule has 0 saturated carbocycles. The summed E-state index contributed by atoms with van der Waals surface area (Å²) in [4.78, 5) is 0.169. The zero-order valence-corrected chi connectivity index (χ0v) is 10.3. The van der Waals surface area contributed by atoms with Crippen LogP contribution in [0.3, 0.4) is 0 Å². The van der Waals surface area contributed by atoms with Crippen LogP contribution < -0.4 is 0 Å². The highest BCUT2D eigenvalue weighted by molar-refractivity contribution is 7.86. The first-order valence-electron chi connectivity index (χ1n) is 5.32. The summed E-state index contributed by atoms with van der Waals surface area (Å²) >= 11 is 0. The summed E-state index contributed by atoms with van der Waals surface area (Å²) in [6.07, 6.45) is 2.92. The highest BCUT2D eigenvalue weighted by Gasteiger charge is 2.21. The summed E-state index contributed by atoms with van der Waals surface area (Å²) in [5, 5.41) is 0. The van der Waals surface area contributed by atoms with Crippen molar-refractivity contribution in [3.63, 3.8) is 0 Å². The van der Waals surface area contributed by atoms with Gasteiger partial charge >= 0.3 is 0 Å². The van der Waals surface area contributed by atoms with Crippen molar-refractivity contribution in [1.29, 1.82) is 0 Å². The van der Waals surface area contributed by atoms with E-state index < -0.39 is 16.2 Å². The maximum atomic E-state index is 11.9. The van der Waals surface area contributed by atoms with Crippen molar-refractivity contribution in [2.24, 2.45) is 0 Å². The SMILES string of the molecule is Cc1ccc(S(=O)(=O)OC2C=CCOC2)cc1. The summed E-state index contributed by atoms with van der Waals surface area (Å²) in [6.45, 7) is 2.67. The summed E-state index contributed by atoms with van der Waals surface area (Å²) in [6, 6.07) is 6.56. The molecule has 2 rings (SSSR count). The van der Waals surface area contributed by atoms with E-state index in [1.165, 1.54) is 12.1 Å². The zero-order chi connectivity index (χ0) is 12.3. The van der Waals surface area contributed by atoms with E-state index in [2.05, 4.69) is 0 Å². The van der Waals surface area contributed by atoms with Crippen LogP contribution in [0.15, 0.2) is 41.3 Å². The highest BCUT2D eigenvalue weighted by atomic mass is 32.2. The van der Waals surface area contributed by atoms with E-state index in [4.69, 9.17) is 8.92 Å². The molecule has 1 aliphatic heterocycles. The van der Waals surface area contributed by atoms with Crippen LogP contribution in [-0.2, 0) is 19.0 Å². The molecule has 5 heteroatoms. The summed E-state index contributed by atoms with van der Waals surface area (Å²) in [5.41, 5.74) is 1.00. The van der Waals surface area contributed by atoms with Gasteiger partial charge in [-0.25, -0.2) is 0 Å². The first-order valence-corrected chi connectivity index (χ1v) is 6.73. The van der Waals surface area contributed by atoms with Gasteiger partial charge in [-0.1, -0.05) is 29.8 Å². The highest BCUT2D eigenvalue weighted by Crippen LogP contribution is 2.16. The fraction of sp³-hybridized carbons (Fsp3) is 0.333. The third kappa shape index (κ3) is 3.15. The van der Waals surface area contributed by atoms with Crippen molar-refractivity contribution < 1.29 is 17.3 Å². The number of hydrogen-bond acceptors (Lipinski definition) is 4. The number of benzene rings is 1. The van der Waals surface area contributed by atoms with Crippen molar-refractivity contribution in [2.75, 3.05) is 13.2 Å². The first-order chi connectivity index (χ1) is 8.08. The predicted octanol–water partition coefficient (Wildman–Crippen LogP) is 1.66. The van der Waals surface area contributed by atoms with Crippen LogP contribution in [0.4, 0.5) is 0 Å². The van der Waals surface area contributed by atoms with Gasteiger partial charge < -0.3 is 4.74 Å². The predicted molar refractivity (Wildman–Crippen MR) is 63.2 cm³/mol. The summed E-state index contributed by atoms with van der Waals surface area (Å²) < 4.78 is 34.0. The lowest BCUT2D eigenvalue weighted by atomic mass is 10.2. The molecule has 0 amide bonds. The number of rotatable bonds is 3. The third-order valence-electron chi connectivity index (χ3n) is 2.41. The monoisotopic (exact) mass is 254 g/mol. The molecular weight excluding hydrogens is 240 g/mol. The van der Waals surface area contributed by atoms with Crippen LogP contribution in [0.2, 0.25) is 0 Å². The van der Waals surface area contributed by atoms with E-state index in [9.17, 15) is 8.42 Å². The van der Waals surface area contributed by atoms with E-state index in [0.29, 0.717) is 6.61 Å². The Kier molecular flexibility index (Phi) is 3.61. The van der Waals surface area contributed by atoms with Gasteiger partial charge in [-0.05, 0) is 19.1 Å². The molecule has 1 atom stereocenters. The Morgan fingerprint density at radius 3 is 2.59 bits per heavy atom. The second-order valence-electron chi connectivity index (χ2n) is 3.87. The van der Waals surface area contributed by atoms with Crippen LogP contribution in [-0.4, -0.2) is 27.7 Å². The standard InChI is InChI=1S/C12H14O4S/c1-10-4-6-12(7-5-10)17(13,14)16-11-3-2-8-15-9-11/h2-7,11H,8-9H2,1H3. The molecule has 0 spiro atoms. The van der Waals surface area contributed by atoms with E-state index in [1.54, 1.807) is 24.3 Å². The quantitative estimate of drug-likeness (QED) is 0.608. The number of ether oxygens (including phenoxy) is 1. The fourth-order valence-electron chi connectivity index (χ4n) is 1.50. The molecular formula is C12H14O4S. The molecule has 17 heavy (non-hydrogen) atoms. The fourth-order valence-corrected chi connectivity index (χ4v) is 2.52. The maximum Gasteiger partial charge on any atom is 0.297 e. The Labute approximate surface area is 101 Å². The van der Waals surface area contributed by atoms with Gasteiger partial charge in [0.05, 0.1) is 18.1 Å². The third-order valence-corrected chi connectivity index (χ3v) is 3.76. The van der Waals surface area contributed by atoms with Gasteiger partial charge in [0.1, 0.15) is 6.10 Å². The minimum atomic E-state index is -3.71. The molecule has 0 bridgehead atoms. The molecule has 4 nitrogen and oxygen atoms in total. The molecule has 1 heterocycles. The molecule has 0 saturated heterocycles. The number of aryl methyl sites for hydroxylation is 1. The van der Waals surface area contributed by atoms with Gasteiger partial charge in [-0.15, -0.1) is 0 Å². The van der Waals surface area contributed by atoms with E-state index in [0.717, 1.165) is 5.56 Å². The molecule has 1 aromatic carbocycles. The molecule has 0 fully saturated rings. The largest absolute Gasteiger partial charge is 0.374 e. The summed E-state index contributed by atoms with van der Waals surface area (Å²) in [7, 11) is -3.71. The average molecular weight is 254 g/mol. The molecule has 0 radical (unpaired) electrons. The van der Waals surface area contributed by atoms with Crippen LogP contribution in [0.25, 0.3) is 0 Å². The van der Waals surface area contributed by atoms with E-state index in [-0.39, 0.29) is 11.5 Å². The van der Waals surface area contributed by atoms with Crippen molar-refractivity contribution >= 4 is 10.1 Å². The van der Waals surface area contributed by atoms with Crippen molar-refractivity contribution in [3.05, 3.63) is 42.0 Å². The topological polar surface area (TPSA) is 52.6 Å². The zero-order valence-electron chi connectivity index (χ0n) is 9.50. The Hall–Kier alpha value is -1.17. The molecule has 1 aliphatic rings. The average Bonchev–Trinajstić information content (AvgIpc) is 2.30. The van der Waals surface area contributed by atoms with Crippen LogP contribution in [0, 0.1) is 6.92 Å². The van der Waals surface area contributed by atoms with Crippen molar-refractivity contribution in [3.8, 4) is 0 Å². The van der Waals surface area contributed by atoms with Crippen LogP contribution >= 0.6 is 0 Å². The van der Waals surface area contributed by atoms with E-state index in [1.807, 2.05) is 6.92 Å². The molecule has 0 aromatic heterocycles. The second-order valence-corrected chi connectivity index (χ2v) is 5.44. The second kappa shape index (κ2) is 5.00. The van der Waals surface area contributed by atoms with Gasteiger partial charge in [0.2, 0.25) is 0 Å². The lowest BCUT2D eigenvalue weighted by Gasteiger charge is -2.17. The van der Waals surface area contributed by atoms with Crippen molar-refractivity contribution in [1.82, 2.24) is 0 Å². The molecule has 1 unspecified atom stereocenters. The van der Waals surface area contributed by atoms with Crippen molar-refractivity contribution in [2.45, 2.75) is 17.9 Å². The Balaban J connectivity index is 2.15. The minimum absolute atomic E-state index is 0.169. The van der Waals surface area contributed by atoms with Gasteiger partial charge in [0.25, 0.3) is 10.1 Å². The minimum Gasteiger partial charge on any atom is -0.374 e. The first kappa shape index (κ1) is 12.3. The molecule has 0 N–H and O–H groups in total. The Morgan fingerprint density at radius 2 is 2.00 bits per heavy atom. The van der Waals surface area contributed by atoms with Gasteiger partial charge in [-0.3, -0.25) is 4.18 Å². The smallest absolute Gasteiger partial charge is 0.297 e. The normalized spacial score (nSPS) is 20.4. The number of hydrogen-bond donors (Lipinski definition) is 0. The van der Waals surface area contributed by atoms with Gasteiger partial charge in [-0.2, -0.15) is 8.42 Å². The Morgan fingerprint density at radius 1 is 1.29 bits per heavy atom. The lowest BCUT2D eigenvalue weighted by Crippen LogP contribution is -2.24. The lowest BCUT2D eigenvalue weighted by molar-refractivity contribution is 0.0786. The van der Waals surface area contributed by atoms with Crippen LogP contribution in [0.1, 0.15) is 5.56 Å². The van der Waals surface area contributed by atoms with Crippen LogP contribution in [0.5, 0.6) is 0 Å². The maximum absolute atomic E-state index is 11.9. The van der Waals surface area contributed by atoms with E-state index >= 15 is 0 Å². The summed E-state index contributed by atoms with van der Waals surface area (Å²) in [5.74, 6) is 0. The van der Waals surface area contributed by atoms with Gasteiger partial charge in [0.15, 0.2) is 0 Å².